The lowest BCUT2D eigenvalue weighted by molar-refractivity contribution is -0.129. The molecule has 29 heavy (non-hydrogen) atoms. The minimum absolute atomic E-state index is 0.0266. The van der Waals surface area contributed by atoms with E-state index in [1.165, 1.54) is 4.90 Å². The summed E-state index contributed by atoms with van der Waals surface area (Å²) in [6, 6.07) is 15.9. The Hall–Kier alpha value is -2.94. The molecule has 2 aromatic carbocycles. The summed E-state index contributed by atoms with van der Waals surface area (Å²) in [4.78, 5) is 29.6. The molecule has 6 nitrogen and oxygen atoms in total. The van der Waals surface area contributed by atoms with Gasteiger partial charge in [-0.2, -0.15) is 8.78 Å². The number of aromatic nitrogens is 2. The molecule has 0 aliphatic rings. The van der Waals surface area contributed by atoms with Crippen LogP contribution in [0.2, 0.25) is 0 Å². The zero-order valence-corrected chi connectivity index (χ0v) is 16.3. The van der Waals surface area contributed by atoms with Crippen LogP contribution in [0.4, 0.5) is 8.78 Å². The predicted octanol–water partition coefficient (Wildman–Crippen LogP) is 3.43. The Morgan fingerprint density at radius 1 is 1.10 bits per heavy atom. The normalized spacial score (nSPS) is 11.1. The van der Waals surface area contributed by atoms with Gasteiger partial charge in [-0.15, -0.1) is 0 Å². The summed E-state index contributed by atoms with van der Waals surface area (Å²) in [5.74, 6) is -0.877. The Kier molecular flexibility index (Phi) is 6.82. The number of amides is 2. The minimum Gasteiger partial charge on any atom is -0.370 e. The van der Waals surface area contributed by atoms with Crippen LogP contribution in [0.1, 0.15) is 18.5 Å². The maximum absolute atomic E-state index is 13.5. The number of nitrogens with two attached hydrogens (primary N) is 1. The molecular formula is C20H20F2N4O2S. The van der Waals surface area contributed by atoms with Crippen molar-refractivity contribution in [2.45, 2.75) is 24.7 Å². The molecule has 0 saturated heterocycles. The maximum Gasteiger partial charge on any atom is 0.321 e. The third kappa shape index (κ3) is 5.32. The second kappa shape index (κ2) is 9.51. The van der Waals surface area contributed by atoms with Crippen LogP contribution >= 0.6 is 11.8 Å². The Morgan fingerprint density at radius 3 is 2.48 bits per heavy atom. The van der Waals surface area contributed by atoms with E-state index in [1.807, 2.05) is 30.3 Å². The van der Waals surface area contributed by atoms with E-state index >= 15 is 0 Å². The van der Waals surface area contributed by atoms with Crippen molar-refractivity contribution in [1.82, 2.24) is 14.5 Å². The number of thioether (sulfide) groups is 1. The van der Waals surface area contributed by atoms with Crippen LogP contribution in [-0.4, -0.2) is 38.6 Å². The van der Waals surface area contributed by atoms with E-state index in [0.717, 1.165) is 21.9 Å². The van der Waals surface area contributed by atoms with Crippen LogP contribution in [0.25, 0.3) is 11.0 Å². The van der Waals surface area contributed by atoms with Gasteiger partial charge in [-0.25, -0.2) is 4.98 Å². The predicted molar refractivity (Wildman–Crippen MR) is 107 cm³/mol. The Labute approximate surface area is 170 Å². The number of primary amides is 1. The number of hydrogen-bond acceptors (Lipinski definition) is 4. The molecule has 9 heteroatoms. The highest BCUT2D eigenvalue weighted by molar-refractivity contribution is 7.99. The van der Waals surface area contributed by atoms with Gasteiger partial charge in [-0.3, -0.25) is 14.2 Å². The molecule has 1 aromatic heterocycles. The lowest BCUT2D eigenvalue weighted by Gasteiger charge is -2.22. The zero-order chi connectivity index (χ0) is 20.8. The topological polar surface area (TPSA) is 81.2 Å². The number of carbonyl (C=O) groups excluding carboxylic acids is 2. The SMILES string of the molecule is NC(=O)CCN(Cc1ccccc1)C(=O)CSc1nc2ccccc2n1C(F)F. The summed E-state index contributed by atoms with van der Waals surface area (Å²) >= 11 is 0.947. The van der Waals surface area contributed by atoms with Crippen molar-refractivity contribution in [2.24, 2.45) is 5.73 Å². The number of carbonyl (C=O) groups is 2. The number of benzene rings is 2. The molecular weight excluding hydrogens is 398 g/mol. The van der Waals surface area contributed by atoms with Crippen LogP contribution in [0.15, 0.2) is 59.8 Å². The largest absolute Gasteiger partial charge is 0.370 e. The third-order valence-corrected chi connectivity index (χ3v) is 5.22. The van der Waals surface area contributed by atoms with Gasteiger partial charge in [0.05, 0.1) is 16.8 Å². The molecule has 0 bridgehead atoms. The van der Waals surface area contributed by atoms with Gasteiger partial charge in [-0.05, 0) is 17.7 Å². The Bertz CT molecular complexity index is 995. The molecule has 3 aromatic rings. The van der Waals surface area contributed by atoms with E-state index < -0.39 is 12.5 Å². The van der Waals surface area contributed by atoms with Crippen LogP contribution in [-0.2, 0) is 16.1 Å². The smallest absolute Gasteiger partial charge is 0.321 e. The second-order valence-electron chi connectivity index (χ2n) is 6.34. The van der Waals surface area contributed by atoms with Gasteiger partial charge >= 0.3 is 6.55 Å². The van der Waals surface area contributed by atoms with Gasteiger partial charge in [-0.1, -0.05) is 54.2 Å². The van der Waals surface area contributed by atoms with Gasteiger partial charge in [0.15, 0.2) is 5.16 Å². The highest BCUT2D eigenvalue weighted by atomic mass is 32.2. The monoisotopic (exact) mass is 418 g/mol. The van der Waals surface area contributed by atoms with Crippen LogP contribution in [0, 0.1) is 0 Å². The summed E-state index contributed by atoms with van der Waals surface area (Å²) < 4.78 is 27.9. The van der Waals surface area contributed by atoms with Gasteiger partial charge < -0.3 is 10.6 Å². The van der Waals surface area contributed by atoms with Crippen molar-refractivity contribution in [3.05, 3.63) is 60.2 Å². The van der Waals surface area contributed by atoms with Crippen molar-refractivity contribution < 1.29 is 18.4 Å². The summed E-state index contributed by atoms with van der Waals surface area (Å²) in [5, 5.41) is 0.0733. The van der Waals surface area contributed by atoms with Crippen molar-refractivity contribution in [3.8, 4) is 0 Å². The van der Waals surface area contributed by atoms with E-state index in [4.69, 9.17) is 5.73 Å². The average Bonchev–Trinajstić information content (AvgIpc) is 3.08. The molecule has 0 aliphatic carbocycles. The molecule has 2 amide bonds. The molecule has 3 rings (SSSR count). The lowest BCUT2D eigenvalue weighted by Crippen LogP contribution is -2.34. The molecule has 152 valence electrons. The van der Waals surface area contributed by atoms with E-state index in [0.29, 0.717) is 17.6 Å². The summed E-state index contributed by atoms with van der Waals surface area (Å²) in [5.41, 5.74) is 6.87. The quantitative estimate of drug-likeness (QED) is 0.540. The van der Waals surface area contributed by atoms with Crippen LogP contribution in [0.3, 0.4) is 0 Å². The number of para-hydroxylation sites is 2. The zero-order valence-electron chi connectivity index (χ0n) is 15.5. The molecule has 0 radical (unpaired) electrons. The average molecular weight is 418 g/mol. The molecule has 0 aliphatic heterocycles. The molecule has 0 unspecified atom stereocenters. The summed E-state index contributed by atoms with van der Waals surface area (Å²) in [6.45, 7) is -2.30. The van der Waals surface area contributed by atoms with E-state index in [2.05, 4.69) is 4.98 Å². The molecule has 0 fully saturated rings. The summed E-state index contributed by atoms with van der Waals surface area (Å²) in [6.07, 6.45) is 0.0266. The van der Waals surface area contributed by atoms with Crippen molar-refractivity contribution in [3.63, 3.8) is 0 Å². The highest BCUT2D eigenvalue weighted by Gasteiger charge is 2.21. The van der Waals surface area contributed by atoms with E-state index in [-0.39, 0.29) is 29.8 Å². The first kappa shape index (κ1) is 20.8. The van der Waals surface area contributed by atoms with E-state index in [1.54, 1.807) is 24.3 Å². The fourth-order valence-corrected chi connectivity index (χ4v) is 3.79. The third-order valence-electron chi connectivity index (χ3n) is 4.28. The number of fused-ring (bicyclic) bond motifs is 1. The molecule has 0 saturated carbocycles. The van der Waals surface area contributed by atoms with E-state index in [9.17, 15) is 18.4 Å². The van der Waals surface area contributed by atoms with Gasteiger partial charge in [0.25, 0.3) is 0 Å². The fraction of sp³-hybridized carbons (Fsp3) is 0.250. The first-order chi connectivity index (χ1) is 14.0. The lowest BCUT2D eigenvalue weighted by atomic mass is 10.2. The number of halogens is 2. The highest BCUT2D eigenvalue weighted by Crippen LogP contribution is 2.29. The summed E-state index contributed by atoms with van der Waals surface area (Å²) in [7, 11) is 0. The first-order valence-electron chi connectivity index (χ1n) is 8.93. The van der Waals surface area contributed by atoms with Crippen molar-refractivity contribution in [1.29, 1.82) is 0 Å². The number of rotatable bonds is 9. The molecule has 0 atom stereocenters. The van der Waals surface area contributed by atoms with Gasteiger partial charge in [0.1, 0.15) is 0 Å². The number of imidazole rings is 1. The second-order valence-corrected chi connectivity index (χ2v) is 7.28. The molecule has 0 spiro atoms. The van der Waals surface area contributed by atoms with Gasteiger partial charge in [0, 0.05) is 19.5 Å². The maximum atomic E-state index is 13.5. The standard InChI is InChI=1S/C20H20F2N4O2S/c21-19(22)26-16-9-5-4-8-15(16)24-20(26)29-13-18(28)25(11-10-17(23)27)12-14-6-2-1-3-7-14/h1-9,19H,10-13H2,(H2,23,27). The Morgan fingerprint density at radius 2 is 1.79 bits per heavy atom. The molecule has 2 N–H and O–H groups in total. The number of nitrogens with zero attached hydrogens (tertiary/aromatic N) is 3. The number of hydrogen-bond donors (Lipinski definition) is 1. The van der Waals surface area contributed by atoms with Crippen molar-refractivity contribution in [2.75, 3.05) is 12.3 Å². The van der Waals surface area contributed by atoms with Crippen LogP contribution in [0.5, 0.6) is 0 Å². The van der Waals surface area contributed by atoms with Crippen molar-refractivity contribution >= 4 is 34.6 Å². The Balaban J connectivity index is 1.74. The minimum atomic E-state index is -2.77. The molecule has 1 heterocycles. The first-order valence-corrected chi connectivity index (χ1v) is 9.92. The van der Waals surface area contributed by atoms with Gasteiger partial charge in [0.2, 0.25) is 11.8 Å². The van der Waals surface area contributed by atoms with Crippen LogP contribution < -0.4 is 5.73 Å². The number of alkyl halides is 2. The fourth-order valence-electron chi connectivity index (χ4n) is 2.87.